The quantitative estimate of drug-likeness (QED) is 0.131. The maximum atomic E-state index is 10.7. The molecule has 2 heterocycles. The Morgan fingerprint density at radius 1 is 0.691 bits per heavy atom. The summed E-state index contributed by atoms with van der Waals surface area (Å²) < 4.78 is 118. The zero-order chi connectivity index (χ0) is 40.4. The minimum Gasteiger partial charge on any atom is -0.741 e. The molecule has 7 aliphatic rings. The van der Waals surface area contributed by atoms with E-state index < -0.39 is 31.3 Å². The number of pyridine rings is 2. The second-order valence-corrected chi connectivity index (χ2v) is 19.6. The molecule has 0 saturated heterocycles. The molecule has 2 aromatic rings. The average Bonchev–Trinajstić information content (AvgIpc) is 3.06. The van der Waals surface area contributed by atoms with Crippen LogP contribution in [-0.2, 0) is 63.2 Å². The van der Waals surface area contributed by atoms with Gasteiger partial charge in [0.05, 0.1) is 11.4 Å². The summed E-state index contributed by atoms with van der Waals surface area (Å²) in [6.45, 7) is 11.7. The van der Waals surface area contributed by atoms with Crippen molar-refractivity contribution in [2.45, 2.75) is 127 Å². The largest absolute Gasteiger partial charge is 2.00 e. The van der Waals surface area contributed by atoms with E-state index in [0.717, 1.165) is 36.8 Å². The molecule has 3 fully saturated rings. The fourth-order valence-electron chi connectivity index (χ4n) is 9.45. The van der Waals surface area contributed by atoms with Gasteiger partial charge in [0.25, 0.3) is 0 Å². The molecule has 4 bridgehead atoms. The van der Waals surface area contributed by atoms with Crippen molar-refractivity contribution < 1.29 is 69.4 Å². The molecule has 19 heteroatoms. The predicted molar refractivity (Wildman–Crippen MR) is 186 cm³/mol. The van der Waals surface area contributed by atoms with E-state index in [4.69, 9.17) is 35.9 Å². The van der Waals surface area contributed by atoms with E-state index in [1.165, 1.54) is 73.9 Å². The van der Waals surface area contributed by atoms with Gasteiger partial charge in [-0.1, -0.05) is 40.5 Å². The molecule has 55 heavy (non-hydrogen) atoms. The van der Waals surface area contributed by atoms with Gasteiger partial charge in [-0.2, -0.15) is 26.3 Å². The van der Waals surface area contributed by atoms with Crippen molar-refractivity contribution in [2.75, 3.05) is 14.1 Å². The monoisotopic (exact) mass is 866 g/mol. The number of alkyl halides is 6. The molecule has 0 amide bonds. The third-order valence-corrected chi connectivity index (χ3v) is 14.1. The summed E-state index contributed by atoms with van der Waals surface area (Å²) in [6.07, 6.45) is 14.9. The van der Waals surface area contributed by atoms with E-state index in [0.29, 0.717) is 22.9 Å². The molecule has 0 aromatic carbocycles. The van der Waals surface area contributed by atoms with Crippen molar-refractivity contribution in [3.8, 4) is 0 Å². The van der Waals surface area contributed by atoms with E-state index in [9.17, 15) is 26.3 Å². The molecule has 310 valence electrons. The van der Waals surface area contributed by atoms with Crippen LogP contribution in [0.15, 0.2) is 24.5 Å². The summed E-state index contributed by atoms with van der Waals surface area (Å²) in [5.41, 5.74) is -1.59. The summed E-state index contributed by atoms with van der Waals surface area (Å²) in [6, 6.07) is 6.05. The second kappa shape index (κ2) is 16.1. The van der Waals surface area contributed by atoms with Crippen LogP contribution in [0.3, 0.4) is 0 Å². The van der Waals surface area contributed by atoms with Gasteiger partial charge in [0.15, 0.2) is 20.2 Å². The van der Waals surface area contributed by atoms with Gasteiger partial charge in [-0.15, -0.1) is 0 Å². The molecule has 2 unspecified atom stereocenters. The zero-order valence-electron chi connectivity index (χ0n) is 31.5. The SMILES string of the molecule is CN(Cc1cc2c(cn1)[C@@H]1C[C@H](C2)C1(C)C)C1CCCCC1N(C)Cc1cc2c(cn1)[C@@H]1C[C@H](C2)C1(C)C.O=S(=O)([O-])C(F)(F)F.O=S(=O)([O-])C(F)(F)F.[Fe+2]. The Hall–Kier alpha value is -1.86. The Labute approximate surface area is 330 Å². The maximum absolute atomic E-state index is 10.7. The van der Waals surface area contributed by atoms with Gasteiger partial charge < -0.3 is 9.11 Å². The third-order valence-electron chi connectivity index (χ3n) is 13.0. The molecule has 0 N–H and O–H groups in total. The van der Waals surface area contributed by atoms with E-state index in [-0.39, 0.29) is 17.1 Å². The molecule has 0 aliphatic heterocycles. The van der Waals surface area contributed by atoms with Crippen molar-refractivity contribution >= 4 is 20.2 Å². The second-order valence-electron chi connectivity index (χ2n) is 16.8. The van der Waals surface area contributed by atoms with Crippen LogP contribution in [0.25, 0.3) is 0 Å². The number of hydrogen-bond donors (Lipinski definition) is 0. The Morgan fingerprint density at radius 3 is 1.27 bits per heavy atom. The molecule has 0 radical (unpaired) electrons. The molecular formula is C36H48F6FeN4O6S2. The van der Waals surface area contributed by atoms with Crippen LogP contribution in [0.2, 0.25) is 0 Å². The van der Waals surface area contributed by atoms with Crippen LogP contribution in [0.1, 0.15) is 112 Å². The van der Waals surface area contributed by atoms with Gasteiger partial charge in [0.2, 0.25) is 0 Å². The van der Waals surface area contributed by atoms with Crippen molar-refractivity contribution in [3.63, 3.8) is 0 Å². The maximum Gasteiger partial charge on any atom is 2.00 e. The number of likely N-dealkylation sites (N-methyl/N-ethyl adjacent to an activating group) is 2. The molecule has 2 aromatic heterocycles. The van der Waals surface area contributed by atoms with Crippen molar-refractivity contribution in [2.24, 2.45) is 22.7 Å². The summed E-state index contributed by atoms with van der Waals surface area (Å²) in [4.78, 5) is 15.2. The third kappa shape index (κ3) is 9.55. The first-order valence-electron chi connectivity index (χ1n) is 18.0. The van der Waals surface area contributed by atoms with Crippen LogP contribution in [-0.4, -0.2) is 82.9 Å². The standard InChI is InChI=1S/C34H48N4.2CHF3O3S.Fe/c1-33(2)23-11-21-13-25(35-17-27(21)29(33)15-23)19-37(5)31-9-7-8-10-32(31)38(6)20-26-14-22-12-24-16-30(34(24,3)4)28(22)18-36-26;2*2-1(3,4)8(5,6)7;/h13-14,17-18,23-24,29-32H,7-12,15-16,19-20H2,1-6H3;2*(H,5,6,7);/q;;;+2/p-2/t23-,24-,29-,30-,31?,32?;;;/m0.../s1. The van der Waals surface area contributed by atoms with Crippen LogP contribution >= 0.6 is 0 Å². The number of nitrogens with zero attached hydrogens (tertiary/aromatic N) is 4. The molecule has 7 aliphatic carbocycles. The van der Waals surface area contributed by atoms with Crippen molar-refractivity contribution in [1.29, 1.82) is 0 Å². The number of aromatic nitrogens is 2. The number of halogens is 6. The van der Waals surface area contributed by atoms with Crippen LogP contribution in [0.5, 0.6) is 0 Å². The Balaban J connectivity index is 0.000000335. The van der Waals surface area contributed by atoms with E-state index in [1.807, 2.05) is 0 Å². The van der Waals surface area contributed by atoms with Gasteiger partial charge in [0, 0.05) is 37.6 Å². The first kappa shape index (κ1) is 45.8. The average molecular weight is 867 g/mol. The number of rotatable bonds is 6. The molecule has 9 rings (SSSR count). The van der Waals surface area contributed by atoms with Gasteiger partial charge in [-0.05, 0) is 122 Å². The van der Waals surface area contributed by atoms with Crippen molar-refractivity contribution in [3.05, 3.63) is 58.2 Å². The summed E-state index contributed by atoms with van der Waals surface area (Å²) in [5.74, 6) is 3.17. The fourth-order valence-corrected chi connectivity index (χ4v) is 9.45. The van der Waals surface area contributed by atoms with Crippen molar-refractivity contribution in [1.82, 2.24) is 19.8 Å². The molecule has 6 atom stereocenters. The topological polar surface area (TPSA) is 147 Å². The van der Waals surface area contributed by atoms with E-state index in [1.54, 1.807) is 11.1 Å². The predicted octanol–water partition coefficient (Wildman–Crippen LogP) is 6.82. The van der Waals surface area contributed by atoms with Crippen LogP contribution in [0.4, 0.5) is 26.3 Å². The first-order valence-corrected chi connectivity index (χ1v) is 20.8. The van der Waals surface area contributed by atoms with Crippen LogP contribution in [0, 0.1) is 22.7 Å². The zero-order valence-corrected chi connectivity index (χ0v) is 34.3. The van der Waals surface area contributed by atoms with Gasteiger partial charge in [-0.3, -0.25) is 19.8 Å². The summed E-state index contributed by atoms with van der Waals surface area (Å²) in [5, 5.41) is 0. The van der Waals surface area contributed by atoms with Crippen LogP contribution < -0.4 is 0 Å². The Bertz CT molecular complexity index is 1790. The van der Waals surface area contributed by atoms with Gasteiger partial charge in [-0.25, -0.2) is 16.8 Å². The van der Waals surface area contributed by atoms with Gasteiger partial charge in [0.1, 0.15) is 0 Å². The Kier molecular flexibility index (Phi) is 13.4. The van der Waals surface area contributed by atoms with E-state index in [2.05, 4.69) is 76.1 Å². The summed E-state index contributed by atoms with van der Waals surface area (Å²) >= 11 is 0. The fraction of sp³-hybridized carbons (Fsp3) is 0.722. The molecular weight excluding hydrogens is 818 g/mol. The van der Waals surface area contributed by atoms with Gasteiger partial charge >= 0.3 is 28.1 Å². The minimum absolute atomic E-state index is 0. The molecule has 10 nitrogen and oxygen atoms in total. The normalized spacial score (nSPS) is 27.4. The van der Waals surface area contributed by atoms with E-state index >= 15 is 0 Å². The molecule has 0 spiro atoms. The minimum atomic E-state index is -6.09. The first-order chi connectivity index (χ1) is 24.6. The molecule has 3 saturated carbocycles. The Morgan fingerprint density at radius 2 is 1.00 bits per heavy atom. The number of hydrogen-bond acceptors (Lipinski definition) is 10. The smallest absolute Gasteiger partial charge is 0.741 e. The summed E-state index contributed by atoms with van der Waals surface area (Å²) in [7, 11) is -7.51.